The van der Waals surface area contributed by atoms with Gasteiger partial charge in [-0.3, -0.25) is 4.79 Å². The summed E-state index contributed by atoms with van der Waals surface area (Å²) in [6.07, 6.45) is 0.934. The van der Waals surface area contributed by atoms with Crippen molar-refractivity contribution in [3.63, 3.8) is 0 Å². The van der Waals surface area contributed by atoms with E-state index in [1.165, 1.54) is 5.56 Å². The number of rotatable bonds is 5. The third kappa shape index (κ3) is 3.44. The standard InChI is InChI=1S/C17H26N2O2/c1-4-9-19(10-14-7-5-13(2)6-8-14)16(20)17(3)12-21-11-15(17)18/h5-8,15H,4,9-12,18H2,1-3H3. The van der Waals surface area contributed by atoms with Gasteiger partial charge in [-0.15, -0.1) is 0 Å². The number of aryl methyl sites for hydroxylation is 1. The molecule has 2 unspecified atom stereocenters. The summed E-state index contributed by atoms with van der Waals surface area (Å²) in [6.45, 7) is 8.33. The van der Waals surface area contributed by atoms with Gasteiger partial charge in [0.15, 0.2) is 0 Å². The van der Waals surface area contributed by atoms with Crippen LogP contribution in [0.15, 0.2) is 24.3 Å². The average molecular weight is 290 g/mol. The summed E-state index contributed by atoms with van der Waals surface area (Å²) >= 11 is 0. The molecule has 116 valence electrons. The Morgan fingerprint density at radius 3 is 2.62 bits per heavy atom. The number of nitrogens with two attached hydrogens (primary N) is 1. The Morgan fingerprint density at radius 1 is 1.43 bits per heavy atom. The Bertz CT molecular complexity index is 486. The van der Waals surface area contributed by atoms with E-state index >= 15 is 0 Å². The predicted molar refractivity (Wildman–Crippen MR) is 83.8 cm³/mol. The first-order valence-electron chi connectivity index (χ1n) is 7.65. The smallest absolute Gasteiger partial charge is 0.232 e. The molecule has 0 radical (unpaired) electrons. The molecule has 1 amide bonds. The van der Waals surface area contributed by atoms with E-state index in [1.54, 1.807) is 0 Å². The van der Waals surface area contributed by atoms with Crippen LogP contribution in [-0.4, -0.2) is 36.6 Å². The molecule has 1 aromatic rings. The number of benzene rings is 1. The molecule has 0 aromatic heterocycles. The number of amides is 1. The molecule has 0 saturated carbocycles. The summed E-state index contributed by atoms with van der Waals surface area (Å²) < 4.78 is 5.42. The minimum atomic E-state index is -0.597. The molecule has 4 heteroatoms. The van der Waals surface area contributed by atoms with Crippen LogP contribution in [0.1, 0.15) is 31.4 Å². The fourth-order valence-electron chi connectivity index (χ4n) is 2.71. The quantitative estimate of drug-likeness (QED) is 0.903. The first-order valence-corrected chi connectivity index (χ1v) is 7.65. The van der Waals surface area contributed by atoms with Crippen molar-refractivity contribution in [1.29, 1.82) is 0 Å². The van der Waals surface area contributed by atoms with Crippen molar-refractivity contribution in [3.8, 4) is 0 Å². The third-order valence-electron chi connectivity index (χ3n) is 4.28. The van der Waals surface area contributed by atoms with Gasteiger partial charge in [-0.25, -0.2) is 0 Å². The second-order valence-electron chi connectivity index (χ2n) is 6.25. The van der Waals surface area contributed by atoms with Crippen LogP contribution in [0.4, 0.5) is 0 Å². The minimum Gasteiger partial charge on any atom is -0.379 e. The van der Waals surface area contributed by atoms with E-state index in [2.05, 4.69) is 38.1 Å². The Balaban J connectivity index is 2.14. The van der Waals surface area contributed by atoms with Gasteiger partial charge in [-0.1, -0.05) is 36.8 Å². The molecule has 0 bridgehead atoms. The lowest BCUT2D eigenvalue weighted by Crippen LogP contribution is -2.51. The fourth-order valence-corrected chi connectivity index (χ4v) is 2.71. The van der Waals surface area contributed by atoms with Crippen LogP contribution in [0.3, 0.4) is 0 Å². The van der Waals surface area contributed by atoms with Gasteiger partial charge in [0.05, 0.1) is 18.6 Å². The first-order chi connectivity index (χ1) is 9.97. The van der Waals surface area contributed by atoms with Gasteiger partial charge in [0.1, 0.15) is 0 Å². The van der Waals surface area contributed by atoms with Gasteiger partial charge in [0.25, 0.3) is 0 Å². The normalized spacial score (nSPS) is 25.0. The largest absolute Gasteiger partial charge is 0.379 e. The molecule has 1 aliphatic heterocycles. The van der Waals surface area contributed by atoms with Crippen molar-refractivity contribution in [2.45, 2.75) is 39.8 Å². The Morgan fingerprint density at radius 2 is 2.10 bits per heavy atom. The maximum absolute atomic E-state index is 12.9. The third-order valence-corrected chi connectivity index (χ3v) is 4.28. The van der Waals surface area contributed by atoms with Crippen molar-refractivity contribution in [1.82, 2.24) is 4.90 Å². The molecule has 1 heterocycles. The van der Waals surface area contributed by atoms with Gasteiger partial charge in [-0.2, -0.15) is 0 Å². The highest BCUT2D eigenvalue weighted by Gasteiger charge is 2.46. The summed E-state index contributed by atoms with van der Waals surface area (Å²) in [4.78, 5) is 14.8. The van der Waals surface area contributed by atoms with Crippen LogP contribution in [0.2, 0.25) is 0 Å². The lowest BCUT2D eigenvalue weighted by Gasteiger charge is -2.33. The molecule has 2 N–H and O–H groups in total. The van der Waals surface area contributed by atoms with E-state index in [-0.39, 0.29) is 11.9 Å². The number of carbonyl (C=O) groups excluding carboxylic acids is 1. The maximum atomic E-state index is 12.9. The SMILES string of the molecule is CCCN(Cc1ccc(C)cc1)C(=O)C1(C)COCC1N. The summed E-state index contributed by atoms with van der Waals surface area (Å²) in [5, 5.41) is 0. The zero-order valence-electron chi connectivity index (χ0n) is 13.3. The minimum absolute atomic E-state index is 0.106. The van der Waals surface area contributed by atoms with Crippen LogP contribution in [-0.2, 0) is 16.1 Å². The predicted octanol–water partition coefficient (Wildman–Crippen LogP) is 2.10. The molecule has 1 saturated heterocycles. The van der Waals surface area contributed by atoms with Crippen molar-refractivity contribution >= 4 is 5.91 Å². The average Bonchev–Trinajstić information content (AvgIpc) is 2.81. The second-order valence-corrected chi connectivity index (χ2v) is 6.25. The lowest BCUT2D eigenvalue weighted by molar-refractivity contribution is -0.142. The number of hydrogen-bond acceptors (Lipinski definition) is 3. The van der Waals surface area contributed by atoms with Gasteiger partial charge < -0.3 is 15.4 Å². The number of nitrogens with zero attached hydrogens (tertiary/aromatic N) is 1. The highest BCUT2D eigenvalue weighted by atomic mass is 16.5. The lowest BCUT2D eigenvalue weighted by atomic mass is 9.84. The van der Waals surface area contributed by atoms with E-state index in [4.69, 9.17) is 10.5 Å². The number of ether oxygens (including phenoxy) is 1. The summed E-state index contributed by atoms with van der Waals surface area (Å²) in [6, 6.07) is 8.10. The van der Waals surface area contributed by atoms with Gasteiger partial charge in [-0.05, 0) is 25.8 Å². The first kappa shape index (κ1) is 16.0. The van der Waals surface area contributed by atoms with E-state index < -0.39 is 5.41 Å². The molecule has 2 atom stereocenters. The van der Waals surface area contributed by atoms with Crippen LogP contribution in [0.25, 0.3) is 0 Å². The molecule has 21 heavy (non-hydrogen) atoms. The van der Waals surface area contributed by atoms with Gasteiger partial charge >= 0.3 is 0 Å². The molecular formula is C17H26N2O2. The van der Waals surface area contributed by atoms with E-state index in [9.17, 15) is 4.79 Å². The van der Waals surface area contributed by atoms with Crippen LogP contribution in [0.5, 0.6) is 0 Å². The van der Waals surface area contributed by atoms with Crippen LogP contribution < -0.4 is 5.73 Å². The summed E-state index contributed by atoms with van der Waals surface area (Å²) in [5.74, 6) is 0.106. The van der Waals surface area contributed by atoms with Gasteiger partial charge in [0, 0.05) is 19.1 Å². The summed E-state index contributed by atoms with van der Waals surface area (Å²) in [5.41, 5.74) is 7.87. The zero-order valence-corrected chi connectivity index (χ0v) is 13.3. The Labute approximate surface area is 127 Å². The molecule has 1 aromatic carbocycles. The molecule has 4 nitrogen and oxygen atoms in total. The van der Waals surface area contributed by atoms with Crippen LogP contribution in [0, 0.1) is 12.3 Å². The topological polar surface area (TPSA) is 55.6 Å². The zero-order chi connectivity index (χ0) is 15.5. The fraction of sp³-hybridized carbons (Fsp3) is 0.588. The van der Waals surface area contributed by atoms with Crippen molar-refractivity contribution < 1.29 is 9.53 Å². The molecule has 1 fully saturated rings. The molecule has 2 rings (SSSR count). The highest BCUT2D eigenvalue weighted by molar-refractivity contribution is 5.83. The molecule has 1 aliphatic rings. The second kappa shape index (κ2) is 6.58. The van der Waals surface area contributed by atoms with Crippen molar-refractivity contribution in [2.24, 2.45) is 11.1 Å². The molecule has 0 spiro atoms. The maximum Gasteiger partial charge on any atom is 0.232 e. The Kier molecular flexibility index (Phi) is 5.01. The van der Waals surface area contributed by atoms with Crippen LogP contribution >= 0.6 is 0 Å². The van der Waals surface area contributed by atoms with Crippen molar-refractivity contribution in [3.05, 3.63) is 35.4 Å². The molecule has 0 aliphatic carbocycles. The van der Waals surface area contributed by atoms with E-state index in [1.807, 2.05) is 11.8 Å². The number of hydrogen-bond donors (Lipinski definition) is 1. The number of carbonyl (C=O) groups is 1. The Hall–Kier alpha value is -1.39. The van der Waals surface area contributed by atoms with Gasteiger partial charge in [0.2, 0.25) is 5.91 Å². The molecular weight excluding hydrogens is 264 g/mol. The monoisotopic (exact) mass is 290 g/mol. The van der Waals surface area contributed by atoms with E-state index in [0.29, 0.717) is 19.8 Å². The van der Waals surface area contributed by atoms with Crippen molar-refractivity contribution in [2.75, 3.05) is 19.8 Å². The highest BCUT2D eigenvalue weighted by Crippen LogP contribution is 2.30. The summed E-state index contributed by atoms with van der Waals surface area (Å²) in [7, 11) is 0. The van der Waals surface area contributed by atoms with E-state index in [0.717, 1.165) is 18.5 Å².